The summed E-state index contributed by atoms with van der Waals surface area (Å²) in [6.45, 7) is 7.96. The molecule has 4 fully saturated rings. The van der Waals surface area contributed by atoms with Crippen molar-refractivity contribution in [1.82, 2.24) is 30.2 Å². The van der Waals surface area contributed by atoms with Gasteiger partial charge in [0.1, 0.15) is 40.9 Å². The van der Waals surface area contributed by atoms with Gasteiger partial charge in [-0.1, -0.05) is 82.2 Å². The van der Waals surface area contributed by atoms with E-state index in [2.05, 4.69) is 36.1 Å². The molecule has 4 aromatic rings. The monoisotopic (exact) mass is 894 g/mol. The number of hydrogen-bond donors (Lipinski definition) is 3. The molecule has 1 saturated heterocycles. The second-order valence-corrected chi connectivity index (χ2v) is 21.9. The fourth-order valence-corrected chi connectivity index (χ4v) is 10.6. The minimum absolute atomic E-state index is 0.00722. The number of furan rings is 1. The highest BCUT2D eigenvalue weighted by Gasteiger charge is 2.63. The highest BCUT2D eigenvalue weighted by atomic mass is 32.2. The number of nitrogens with zero attached hydrogens (tertiary/aromatic N) is 3. The van der Waals surface area contributed by atoms with Crippen LogP contribution in [0, 0.1) is 5.92 Å². The van der Waals surface area contributed by atoms with Gasteiger partial charge in [-0.05, 0) is 94.2 Å². The van der Waals surface area contributed by atoms with Gasteiger partial charge in [-0.15, -0.1) is 0 Å². The predicted octanol–water partition coefficient (Wildman–Crippen LogP) is 7.12. The van der Waals surface area contributed by atoms with Crippen LogP contribution in [0.15, 0.2) is 65.1 Å². The van der Waals surface area contributed by atoms with Gasteiger partial charge in [0.05, 0.1) is 11.3 Å². The smallest absolute Gasteiger partial charge is 0.408 e. The summed E-state index contributed by atoms with van der Waals surface area (Å²) in [7, 11) is -4.02. The summed E-state index contributed by atoms with van der Waals surface area (Å²) in [5.41, 5.74) is 1.71. The Balaban J connectivity index is 1.06. The molecule has 3 aliphatic carbocycles. The van der Waals surface area contributed by atoms with Gasteiger partial charge in [0.2, 0.25) is 27.4 Å². The van der Waals surface area contributed by atoms with Crippen LogP contribution in [0.5, 0.6) is 5.88 Å². The molecule has 64 heavy (non-hydrogen) atoms. The van der Waals surface area contributed by atoms with Crippen molar-refractivity contribution in [2.45, 2.75) is 151 Å². The summed E-state index contributed by atoms with van der Waals surface area (Å²) >= 11 is 0. The van der Waals surface area contributed by atoms with Crippen molar-refractivity contribution in [2.75, 3.05) is 6.54 Å². The van der Waals surface area contributed by atoms with Gasteiger partial charge in [-0.3, -0.25) is 19.1 Å². The number of fused-ring (bicyclic) bond motifs is 5. The van der Waals surface area contributed by atoms with E-state index in [-0.39, 0.29) is 36.8 Å². The second-order valence-electron chi connectivity index (χ2n) is 19.7. The SMILES string of the molecule is CC(C)(C)c1ccc(-c2nc(O[C@@H]3C[C@H]4C(=O)N[C@]5(C(=O)NS(=O)(=O)C6(C)CC6)C[C@H]5C=CCCCCC[C@H](NC(=O)OC5CCCC5)C(=O)N4C3)c3oc4ccccc4c3n2)cc1. The molecule has 15 nitrogen and oxygen atoms in total. The van der Waals surface area contributed by atoms with Gasteiger partial charge in [0, 0.05) is 23.3 Å². The number of hydrogen-bond acceptors (Lipinski definition) is 11. The number of carbonyl (C=O) groups excluding carboxylic acids is 4. The molecular formula is C48H58N6O9S. The van der Waals surface area contributed by atoms with Gasteiger partial charge >= 0.3 is 6.09 Å². The normalized spacial score (nSPS) is 26.3. The quantitative estimate of drug-likeness (QED) is 0.152. The van der Waals surface area contributed by atoms with Crippen LogP contribution in [0.1, 0.15) is 117 Å². The fourth-order valence-electron chi connectivity index (χ4n) is 9.33. The molecule has 4 amide bonds. The lowest BCUT2D eigenvalue weighted by Crippen LogP contribution is -2.58. The number of alkyl carbamates (subject to hydrolysis) is 1. The maximum absolute atomic E-state index is 14.9. The molecule has 5 atom stereocenters. The van der Waals surface area contributed by atoms with Gasteiger partial charge < -0.3 is 29.4 Å². The number of ether oxygens (including phenoxy) is 2. The van der Waals surface area contributed by atoms with Crippen LogP contribution < -0.4 is 20.1 Å². The summed E-state index contributed by atoms with van der Waals surface area (Å²) in [4.78, 5) is 68.2. The van der Waals surface area contributed by atoms with Crippen LogP contribution in [0.2, 0.25) is 0 Å². The number of rotatable bonds is 8. The number of amides is 4. The lowest BCUT2D eigenvalue weighted by molar-refractivity contribution is -0.141. The molecule has 3 saturated carbocycles. The highest BCUT2D eigenvalue weighted by molar-refractivity contribution is 7.91. The zero-order valence-electron chi connectivity index (χ0n) is 37.0. The van der Waals surface area contributed by atoms with E-state index in [0.29, 0.717) is 54.6 Å². The van der Waals surface area contributed by atoms with Crippen LogP contribution in [0.3, 0.4) is 0 Å². The van der Waals surface area contributed by atoms with E-state index in [1.54, 1.807) is 6.92 Å². The molecule has 9 rings (SSSR count). The minimum Gasteiger partial charge on any atom is -0.470 e. The average Bonchev–Trinajstić information content (AvgIpc) is 3.92. The summed E-state index contributed by atoms with van der Waals surface area (Å²) in [6, 6.07) is 13.4. The zero-order chi connectivity index (χ0) is 45.0. The van der Waals surface area contributed by atoms with E-state index in [1.807, 2.05) is 60.7 Å². The van der Waals surface area contributed by atoms with E-state index in [1.165, 1.54) is 4.90 Å². The van der Waals surface area contributed by atoms with Crippen molar-refractivity contribution in [3.8, 4) is 17.3 Å². The highest BCUT2D eigenvalue weighted by Crippen LogP contribution is 2.48. The molecule has 0 unspecified atom stereocenters. The minimum atomic E-state index is -4.02. The van der Waals surface area contributed by atoms with Crippen molar-refractivity contribution in [2.24, 2.45) is 5.92 Å². The number of allylic oxidation sites excluding steroid dienone is 1. The van der Waals surface area contributed by atoms with E-state index < -0.39 is 68.2 Å². The summed E-state index contributed by atoms with van der Waals surface area (Å²) in [5.74, 6) is -1.86. The zero-order valence-corrected chi connectivity index (χ0v) is 37.8. The number of carbonyl (C=O) groups is 4. The van der Waals surface area contributed by atoms with Gasteiger partial charge in [-0.25, -0.2) is 18.2 Å². The van der Waals surface area contributed by atoms with Crippen LogP contribution in [0.25, 0.3) is 33.5 Å². The largest absolute Gasteiger partial charge is 0.470 e. The van der Waals surface area contributed by atoms with Gasteiger partial charge in [0.15, 0.2) is 5.82 Å². The number of sulfonamides is 1. The van der Waals surface area contributed by atoms with Crippen LogP contribution in [-0.4, -0.2) is 88.2 Å². The van der Waals surface area contributed by atoms with E-state index in [9.17, 15) is 27.6 Å². The summed E-state index contributed by atoms with van der Waals surface area (Å²) in [6.07, 6.45) is 9.78. The van der Waals surface area contributed by atoms with Crippen molar-refractivity contribution >= 4 is 55.9 Å². The summed E-state index contributed by atoms with van der Waals surface area (Å²) < 4.78 is 46.6. The first kappa shape index (κ1) is 43.7. The third kappa shape index (κ3) is 8.69. The number of para-hydroxylation sites is 1. The number of benzene rings is 2. The fraction of sp³-hybridized carbons (Fsp3) is 0.542. The molecule has 2 aliphatic heterocycles. The first-order valence-corrected chi connectivity index (χ1v) is 24.3. The molecule has 340 valence electrons. The first-order valence-electron chi connectivity index (χ1n) is 22.8. The molecule has 5 aliphatic rings. The molecule has 2 aromatic heterocycles. The maximum Gasteiger partial charge on any atom is 0.408 e. The van der Waals surface area contributed by atoms with Crippen LogP contribution in [-0.2, 0) is 34.6 Å². The predicted molar refractivity (Wildman–Crippen MR) is 240 cm³/mol. The Kier molecular flexibility index (Phi) is 11.5. The van der Waals surface area contributed by atoms with Crippen LogP contribution in [0.4, 0.5) is 4.79 Å². The Morgan fingerprint density at radius 3 is 2.41 bits per heavy atom. The third-order valence-corrected chi connectivity index (χ3v) is 16.0. The summed E-state index contributed by atoms with van der Waals surface area (Å²) in [5, 5.41) is 6.54. The average molecular weight is 895 g/mol. The molecule has 3 N–H and O–H groups in total. The molecule has 2 aromatic carbocycles. The lowest BCUT2D eigenvalue weighted by Gasteiger charge is -2.30. The van der Waals surface area contributed by atoms with Crippen molar-refractivity contribution in [3.63, 3.8) is 0 Å². The lowest BCUT2D eigenvalue weighted by atomic mass is 9.87. The molecular weight excluding hydrogens is 837 g/mol. The molecule has 0 spiro atoms. The molecule has 0 bridgehead atoms. The number of aromatic nitrogens is 2. The van der Waals surface area contributed by atoms with Crippen molar-refractivity contribution in [3.05, 3.63) is 66.2 Å². The van der Waals surface area contributed by atoms with E-state index in [0.717, 1.165) is 55.0 Å². The third-order valence-electron chi connectivity index (χ3n) is 13.8. The van der Waals surface area contributed by atoms with E-state index in [4.69, 9.17) is 23.9 Å². The van der Waals surface area contributed by atoms with Crippen molar-refractivity contribution < 1.29 is 41.5 Å². The Hall–Kier alpha value is -5.51. The Bertz CT molecular complexity index is 2610. The standard InChI is InChI=1S/C48H58N6O9S/c1-46(2,3)30-22-20-29(21-23-30)40-50-38-34-17-12-13-19-37(34)63-39(38)42(51-40)61-33-26-36-41(55)52-48(44(57)53-64(59,60)47(4)24-25-47)27-31(48)14-8-6-5-7-9-18-35(43(56)54(36)28-33)49-45(58)62-32-15-10-11-16-32/h8,12-14,17,19-23,31-33,35-36H,5-7,9-11,15-16,18,24-28H2,1-4H3,(H,49,58)(H,52,55)(H,53,57)/t31-,33-,35+,36+,48-/m1/s1. The second kappa shape index (κ2) is 16.8. The van der Waals surface area contributed by atoms with Gasteiger partial charge in [-0.2, -0.15) is 4.98 Å². The van der Waals surface area contributed by atoms with Gasteiger partial charge in [0.25, 0.3) is 11.8 Å². The maximum atomic E-state index is 14.9. The first-order chi connectivity index (χ1) is 30.5. The Labute approximate surface area is 373 Å². The topological polar surface area (TPSA) is 199 Å². The molecule has 0 radical (unpaired) electrons. The Morgan fingerprint density at radius 1 is 0.938 bits per heavy atom. The molecule has 4 heterocycles. The number of nitrogens with one attached hydrogen (secondary N) is 3. The Morgan fingerprint density at radius 2 is 1.67 bits per heavy atom. The molecule has 16 heteroatoms. The van der Waals surface area contributed by atoms with Crippen molar-refractivity contribution in [1.29, 1.82) is 0 Å². The van der Waals surface area contributed by atoms with Crippen LogP contribution >= 0.6 is 0 Å². The van der Waals surface area contributed by atoms with E-state index >= 15 is 0 Å².